The monoisotopic (exact) mass is 414 g/mol. The van der Waals surface area contributed by atoms with Crippen LogP contribution in [0.5, 0.6) is 0 Å². The number of carbonyl (C=O) groups excluding carboxylic acids is 1. The zero-order chi connectivity index (χ0) is 21.8. The highest BCUT2D eigenvalue weighted by atomic mass is 16.7. The van der Waals surface area contributed by atoms with Crippen LogP contribution < -0.4 is 0 Å². The molecule has 0 aromatic heterocycles. The number of rotatable bonds is 21. The van der Waals surface area contributed by atoms with Crippen LogP contribution in [0, 0.1) is 0 Å². The van der Waals surface area contributed by atoms with Crippen molar-refractivity contribution in [1.29, 1.82) is 0 Å². The summed E-state index contributed by atoms with van der Waals surface area (Å²) in [6.45, 7) is 11.0. The van der Waals surface area contributed by atoms with Gasteiger partial charge < -0.3 is 19.3 Å². The van der Waals surface area contributed by atoms with Gasteiger partial charge in [-0.3, -0.25) is 0 Å². The van der Waals surface area contributed by atoms with Gasteiger partial charge in [-0.05, 0) is 19.8 Å². The highest BCUT2D eigenvalue weighted by molar-refractivity contribution is 5.81. The Balaban J connectivity index is 4.86. The van der Waals surface area contributed by atoms with E-state index in [9.17, 15) is 9.90 Å². The first-order valence-corrected chi connectivity index (χ1v) is 11.8. The Labute approximate surface area is 179 Å². The Kier molecular flexibility index (Phi) is 18.5. The van der Waals surface area contributed by atoms with Crippen LogP contribution >= 0.6 is 0 Å². The zero-order valence-electron chi connectivity index (χ0n) is 19.3. The molecule has 0 rings (SSSR count). The third kappa shape index (κ3) is 14.7. The molecule has 0 aliphatic heterocycles. The van der Waals surface area contributed by atoms with Crippen molar-refractivity contribution in [3.05, 3.63) is 12.7 Å². The van der Waals surface area contributed by atoms with Gasteiger partial charge in [-0.25, -0.2) is 4.79 Å². The second-order valence-corrected chi connectivity index (χ2v) is 7.83. The minimum Gasteiger partial charge on any atom is -0.429 e. The average Bonchev–Trinajstić information content (AvgIpc) is 2.72. The molecule has 0 aliphatic rings. The van der Waals surface area contributed by atoms with Gasteiger partial charge in [0.25, 0.3) is 0 Å². The summed E-state index contributed by atoms with van der Waals surface area (Å²) in [6, 6.07) is 0. The van der Waals surface area contributed by atoms with Crippen molar-refractivity contribution >= 4 is 5.97 Å². The van der Waals surface area contributed by atoms with E-state index in [1.165, 1.54) is 32.1 Å². The second kappa shape index (κ2) is 19.1. The molecule has 0 radical (unpaired) electrons. The summed E-state index contributed by atoms with van der Waals surface area (Å²) in [4.78, 5) is 11.8. The summed E-state index contributed by atoms with van der Waals surface area (Å²) in [6.07, 6.45) is 13.6. The molecule has 1 N–H and O–H groups in total. The molecule has 5 heteroatoms. The van der Waals surface area contributed by atoms with E-state index in [0.29, 0.717) is 26.1 Å². The quantitative estimate of drug-likeness (QED) is 0.109. The van der Waals surface area contributed by atoms with Crippen LogP contribution in [-0.4, -0.2) is 42.8 Å². The molecule has 0 aromatic carbocycles. The maximum absolute atomic E-state index is 11.8. The van der Waals surface area contributed by atoms with Gasteiger partial charge in [-0.1, -0.05) is 91.1 Å². The second-order valence-electron chi connectivity index (χ2n) is 7.83. The van der Waals surface area contributed by atoms with Gasteiger partial charge in [0, 0.05) is 12.7 Å². The lowest BCUT2D eigenvalue weighted by molar-refractivity contribution is -0.238. The van der Waals surface area contributed by atoms with Crippen LogP contribution in [0.4, 0.5) is 0 Å². The number of hydrogen-bond donors (Lipinski definition) is 1. The predicted molar refractivity (Wildman–Crippen MR) is 119 cm³/mol. The van der Waals surface area contributed by atoms with Gasteiger partial charge in [0.15, 0.2) is 0 Å². The Morgan fingerprint density at radius 3 is 1.93 bits per heavy atom. The molecule has 0 aliphatic carbocycles. The fourth-order valence-corrected chi connectivity index (χ4v) is 3.42. The zero-order valence-corrected chi connectivity index (χ0v) is 19.3. The number of carbonyl (C=O) groups is 1. The van der Waals surface area contributed by atoms with E-state index in [1.807, 2.05) is 6.92 Å². The molecule has 5 nitrogen and oxygen atoms in total. The van der Waals surface area contributed by atoms with Crippen molar-refractivity contribution in [1.82, 2.24) is 0 Å². The van der Waals surface area contributed by atoms with Crippen LogP contribution in [0.2, 0.25) is 0 Å². The normalized spacial score (nSPS) is 14.3. The molecule has 0 saturated heterocycles. The number of esters is 1. The standard InChI is InChI=1S/C24H46O5/c1-5-9-11-13-14-15-17-19-24(26,18-16-12-10-6-2)23(29-22(25)7-3)28-21-20-27-8-4/h7,23,26H,3,5-6,8-21H2,1-2,4H3. The van der Waals surface area contributed by atoms with Crippen molar-refractivity contribution in [3.63, 3.8) is 0 Å². The Hall–Kier alpha value is -0.910. The molecular formula is C24H46O5. The molecule has 0 fully saturated rings. The first kappa shape index (κ1) is 28.1. The number of unbranched alkanes of at least 4 members (excludes halogenated alkanes) is 9. The van der Waals surface area contributed by atoms with Crippen LogP contribution in [0.25, 0.3) is 0 Å². The molecule has 0 amide bonds. The van der Waals surface area contributed by atoms with Crippen molar-refractivity contribution in [2.75, 3.05) is 19.8 Å². The predicted octanol–water partition coefficient (Wildman–Crippen LogP) is 5.94. The smallest absolute Gasteiger partial charge is 0.332 e. The van der Waals surface area contributed by atoms with E-state index in [4.69, 9.17) is 14.2 Å². The molecular weight excluding hydrogens is 368 g/mol. The van der Waals surface area contributed by atoms with Gasteiger partial charge in [-0.2, -0.15) is 0 Å². The van der Waals surface area contributed by atoms with E-state index >= 15 is 0 Å². The molecule has 2 atom stereocenters. The Bertz CT molecular complexity index is 399. The number of ether oxygens (including phenoxy) is 3. The number of aliphatic hydroxyl groups is 1. The Morgan fingerprint density at radius 2 is 1.41 bits per heavy atom. The van der Waals surface area contributed by atoms with Crippen molar-refractivity contribution in [2.45, 2.75) is 116 Å². The molecule has 29 heavy (non-hydrogen) atoms. The molecule has 0 heterocycles. The largest absolute Gasteiger partial charge is 0.429 e. The fourth-order valence-electron chi connectivity index (χ4n) is 3.42. The van der Waals surface area contributed by atoms with Crippen molar-refractivity contribution < 1.29 is 24.1 Å². The first-order valence-electron chi connectivity index (χ1n) is 11.8. The van der Waals surface area contributed by atoms with E-state index in [0.717, 1.165) is 44.6 Å². The van der Waals surface area contributed by atoms with Gasteiger partial charge >= 0.3 is 5.97 Å². The number of hydrogen-bond acceptors (Lipinski definition) is 5. The summed E-state index contributed by atoms with van der Waals surface area (Å²) in [5.74, 6) is -0.571. The van der Waals surface area contributed by atoms with Crippen LogP contribution in [-0.2, 0) is 19.0 Å². The topological polar surface area (TPSA) is 65.0 Å². The highest BCUT2D eigenvalue weighted by Gasteiger charge is 2.39. The molecule has 0 bridgehead atoms. The summed E-state index contributed by atoms with van der Waals surface area (Å²) >= 11 is 0. The van der Waals surface area contributed by atoms with Gasteiger partial charge in [0.2, 0.25) is 6.29 Å². The van der Waals surface area contributed by atoms with Gasteiger partial charge in [0.05, 0.1) is 13.2 Å². The molecule has 0 spiro atoms. The highest BCUT2D eigenvalue weighted by Crippen LogP contribution is 2.29. The summed E-state index contributed by atoms with van der Waals surface area (Å²) < 4.78 is 16.5. The third-order valence-electron chi connectivity index (χ3n) is 5.21. The minimum atomic E-state index is -1.18. The van der Waals surface area contributed by atoms with Crippen LogP contribution in [0.15, 0.2) is 12.7 Å². The van der Waals surface area contributed by atoms with E-state index in [2.05, 4.69) is 20.4 Å². The van der Waals surface area contributed by atoms with Crippen molar-refractivity contribution in [3.8, 4) is 0 Å². The Morgan fingerprint density at radius 1 is 0.897 bits per heavy atom. The van der Waals surface area contributed by atoms with Gasteiger partial charge in [0.1, 0.15) is 5.60 Å². The lowest BCUT2D eigenvalue weighted by Gasteiger charge is -2.35. The molecule has 0 aromatic rings. The minimum absolute atomic E-state index is 0.275. The average molecular weight is 415 g/mol. The SMILES string of the molecule is C=CC(=O)OC(OCCOCC)C(O)(CCCCCC)CCCCCCCCC. The summed E-state index contributed by atoms with van der Waals surface area (Å²) in [5.41, 5.74) is -1.18. The summed E-state index contributed by atoms with van der Waals surface area (Å²) in [7, 11) is 0. The van der Waals surface area contributed by atoms with Crippen LogP contribution in [0.1, 0.15) is 104 Å². The third-order valence-corrected chi connectivity index (χ3v) is 5.21. The maximum Gasteiger partial charge on any atom is 0.332 e. The van der Waals surface area contributed by atoms with E-state index < -0.39 is 17.9 Å². The molecule has 2 unspecified atom stereocenters. The molecule has 172 valence electrons. The molecule has 0 saturated carbocycles. The van der Waals surface area contributed by atoms with Crippen LogP contribution in [0.3, 0.4) is 0 Å². The summed E-state index contributed by atoms with van der Waals surface area (Å²) in [5, 5.41) is 11.4. The maximum atomic E-state index is 11.8. The van der Waals surface area contributed by atoms with E-state index in [1.54, 1.807) is 0 Å². The lowest BCUT2D eigenvalue weighted by atomic mass is 9.88. The fraction of sp³-hybridized carbons (Fsp3) is 0.875. The van der Waals surface area contributed by atoms with Crippen molar-refractivity contribution in [2.24, 2.45) is 0 Å². The van der Waals surface area contributed by atoms with Gasteiger partial charge in [-0.15, -0.1) is 0 Å². The lowest BCUT2D eigenvalue weighted by Crippen LogP contribution is -2.47. The van der Waals surface area contributed by atoms with E-state index in [-0.39, 0.29) is 6.61 Å². The first-order chi connectivity index (χ1) is 14.0.